The molecule has 0 aliphatic carbocycles. The van der Waals surface area contributed by atoms with Gasteiger partial charge in [0.25, 0.3) is 0 Å². The number of hydrogen-bond acceptors (Lipinski definition) is 3. The quantitative estimate of drug-likeness (QED) is 0.743. The highest BCUT2D eigenvalue weighted by molar-refractivity contribution is 7.99. The molecule has 0 bridgehead atoms. The van der Waals surface area contributed by atoms with Crippen molar-refractivity contribution in [2.24, 2.45) is 0 Å². The van der Waals surface area contributed by atoms with Crippen molar-refractivity contribution >= 4 is 23.8 Å². The van der Waals surface area contributed by atoms with Gasteiger partial charge in [0.05, 0.1) is 0 Å². The van der Waals surface area contributed by atoms with Crippen LogP contribution in [0.4, 0.5) is 4.79 Å². The number of carboxylic acid groups (broad SMARTS) is 1. The molecule has 1 aliphatic heterocycles. The van der Waals surface area contributed by atoms with E-state index in [4.69, 9.17) is 5.11 Å². The third kappa shape index (κ3) is 4.68. The first-order valence-corrected chi connectivity index (χ1v) is 6.77. The normalized spacial score (nSPS) is 18.0. The molecule has 1 aliphatic rings. The number of carboxylic acids is 1. The molecule has 17 heavy (non-hydrogen) atoms. The van der Waals surface area contributed by atoms with E-state index in [0.29, 0.717) is 13.1 Å². The van der Waals surface area contributed by atoms with E-state index in [1.165, 1.54) is 6.08 Å². The second kappa shape index (κ2) is 7.21. The Kier molecular flexibility index (Phi) is 5.90. The summed E-state index contributed by atoms with van der Waals surface area (Å²) < 4.78 is 0. The summed E-state index contributed by atoms with van der Waals surface area (Å²) in [6, 6.07) is -1.17. The van der Waals surface area contributed by atoms with Crippen LogP contribution in [0.3, 0.4) is 0 Å². The average molecular weight is 258 g/mol. The molecule has 0 spiro atoms. The predicted octanol–water partition coefficient (Wildman–Crippen LogP) is 1.16. The van der Waals surface area contributed by atoms with Gasteiger partial charge in [0.15, 0.2) is 0 Å². The molecular formula is C11H18N2O3S. The van der Waals surface area contributed by atoms with Gasteiger partial charge in [-0.1, -0.05) is 6.08 Å². The van der Waals surface area contributed by atoms with Crippen molar-refractivity contribution in [3.63, 3.8) is 0 Å². The largest absolute Gasteiger partial charge is 0.480 e. The maximum Gasteiger partial charge on any atom is 0.326 e. The van der Waals surface area contributed by atoms with Gasteiger partial charge < -0.3 is 15.3 Å². The molecule has 1 fully saturated rings. The van der Waals surface area contributed by atoms with Crippen LogP contribution in [0.5, 0.6) is 0 Å². The van der Waals surface area contributed by atoms with Crippen molar-refractivity contribution in [2.75, 3.05) is 24.6 Å². The zero-order valence-electron chi connectivity index (χ0n) is 9.72. The molecule has 1 unspecified atom stereocenters. The summed E-state index contributed by atoms with van der Waals surface area (Å²) in [6.45, 7) is 4.86. The Morgan fingerprint density at radius 2 is 2.24 bits per heavy atom. The molecule has 2 amide bonds. The number of urea groups is 1. The van der Waals surface area contributed by atoms with Gasteiger partial charge in [-0.15, -0.1) is 6.58 Å². The number of carbonyl (C=O) groups is 2. The Bertz CT molecular complexity index is 288. The van der Waals surface area contributed by atoms with Gasteiger partial charge in [-0.2, -0.15) is 11.8 Å². The molecule has 0 aromatic rings. The van der Waals surface area contributed by atoms with E-state index in [1.807, 2.05) is 11.8 Å². The summed E-state index contributed by atoms with van der Waals surface area (Å²) in [7, 11) is 0. The number of aliphatic carboxylic acids is 1. The molecule has 1 atom stereocenters. The second-order valence-corrected chi connectivity index (χ2v) is 5.04. The third-order valence-electron chi connectivity index (χ3n) is 2.51. The van der Waals surface area contributed by atoms with Crippen molar-refractivity contribution in [3.8, 4) is 0 Å². The lowest BCUT2D eigenvalue weighted by atomic mass is 10.2. The summed E-state index contributed by atoms with van der Waals surface area (Å²) in [5, 5.41) is 11.4. The van der Waals surface area contributed by atoms with Gasteiger partial charge in [-0.25, -0.2) is 9.59 Å². The summed E-state index contributed by atoms with van der Waals surface area (Å²) in [5.74, 6) is 0.938. The molecule has 0 radical (unpaired) electrons. The first-order valence-electron chi connectivity index (χ1n) is 5.62. The van der Waals surface area contributed by atoms with Gasteiger partial charge in [0.2, 0.25) is 0 Å². The van der Waals surface area contributed by atoms with Gasteiger partial charge in [0.1, 0.15) is 6.04 Å². The minimum absolute atomic E-state index is 0.240. The van der Waals surface area contributed by atoms with Crippen LogP contribution in [0.15, 0.2) is 12.7 Å². The van der Waals surface area contributed by atoms with E-state index in [1.54, 1.807) is 4.90 Å². The highest BCUT2D eigenvalue weighted by Gasteiger charge is 2.22. The van der Waals surface area contributed by atoms with Crippen molar-refractivity contribution in [1.82, 2.24) is 10.2 Å². The number of nitrogens with one attached hydrogen (secondary N) is 1. The Morgan fingerprint density at radius 1 is 1.47 bits per heavy atom. The number of amides is 2. The number of thioether (sulfide) groups is 1. The smallest absolute Gasteiger partial charge is 0.326 e. The van der Waals surface area contributed by atoms with Crippen LogP contribution in [0.1, 0.15) is 12.8 Å². The number of hydrogen-bond donors (Lipinski definition) is 2. The van der Waals surface area contributed by atoms with Crippen LogP contribution in [-0.4, -0.2) is 52.6 Å². The van der Waals surface area contributed by atoms with Crippen LogP contribution in [-0.2, 0) is 4.79 Å². The topological polar surface area (TPSA) is 69.6 Å². The summed E-state index contributed by atoms with van der Waals surface area (Å²) in [6.07, 6.45) is 2.69. The molecule has 0 saturated carbocycles. The van der Waals surface area contributed by atoms with Crippen molar-refractivity contribution in [3.05, 3.63) is 12.7 Å². The average Bonchev–Trinajstić information content (AvgIpc) is 2.56. The van der Waals surface area contributed by atoms with Crippen LogP contribution >= 0.6 is 11.8 Å². The minimum atomic E-state index is -1.03. The van der Waals surface area contributed by atoms with Crippen molar-refractivity contribution in [1.29, 1.82) is 0 Å². The van der Waals surface area contributed by atoms with Crippen molar-refractivity contribution < 1.29 is 14.7 Å². The lowest BCUT2D eigenvalue weighted by Gasteiger charge is -2.22. The number of carbonyl (C=O) groups excluding carboxylic acids is 1. The van der Waals surface area contributed by atoms with Gasteiger partial charge >= 0.3 is 12.0 Å². The van der Waals surface area contributed by atoms with E-state index < -0.39 is 12.0 Å². The van der Waals surface area contributed by atoms with Gasteiger partial charge in [-0.05, 0) is 18.6 Å². The molecule has 1 saturated heterocycles. The van der Waals surface area contributed by atoms with Crippen LogP contribution in [0.25, 0.3) is 0 Å². The zero-order valence-corrected chi connectivity index (χ0v) is 10.5. The van der Waals surface area contributed by atoms with Crippen LogP contribution in [0.2, 0.25) is 0 Å². The maximum absolute atomic E-state index is 11.8. The lowest BCUT2D eigenvalue weighted by Crippen LogP contribution is -2.48. The summed E-state index contributed by atoms with van der Waals surface area (Å²) in [4.78, 5) is 24.4. The first-order chi connectivity index (χ1) is 8.15. The fourth-order valence-electron chi connectivity index (χ4n) is 1.58. The Morgan fingerprint density at radius 3 is 2.88 bits per heavy atom. The van der Waals surface area contributed by atoms with Crippen LogP contribution < -0.4 is 5.32 Å². The molecule has 0 aromatic carbocycles. The molecule has 1 rings (SSSR count). The summed E-state index contributed by atoms with van der Waals surface area (Å²) in [5.41, 5.74) is 0. The lowest BCUT2D eigenvalue weighted by molar-refractivity contribution is -0.139. The second-order valence-electron chi connectivity index (χ2n) is 3.82. The first kappa shape index (κ1) is 13.9. The van der Waals surface area contributed by atoms with Crippen LogP contribution in [0, 0.1) is 0 Å². The molecule has 96 valence electrons. The fraction of sp³-hybridized carbons (Fsp3) is 0.636. The summed E-state index contributed by atoms with van der Waals surface area (Å²) >= 11 is 1.82. The number of rotatable bonds is 4. The van der Waals surface area contributed by atoms with E-state index in [0.717, 1.165) is 17.9 Å². The van der Waals surface area contributed by atoms with E-state index in [9.17, 15) is 9.59 Å². The highest BCUT2D eigenvalue weighted by atomic mass is 32.2. The maximum atomic E-state index is 11.8. The molecule has 2 N–H and O–H groups in total. The van der Waals surface area contributed by atoms with E-state index in [2.05, 4.69) is 11.9 Å². The van der Waals surface area contributed by atoms with E-state index in [-0.39, 0.29) is 12.5 Å². The minimum Gasteiger partial charge on any atom is -0.480 e. The molecule has 5 nitrogen and oxygen atoms in total. The molecule has 6 heteroatoms. The standard InChI is InChI=1S/C11H18N2O3S/c1-2-4-9(10(14)15)12-11(16)13-5-3-7-17-8-6-13/h2,9H,1,3-8H2,(H,12,16)(H,14,15). The van der Waals surface area contributed by atoms with Gasteiger partial charge in [0, 0.05) is 18.8 Å². The predicted molar refractivity (Wildman–Crippen MR) is 68.3 cm³/mol. The SMILES string of the molecule is C=CCC(NC(=O)N1CCCSCC1)C(=O)O. The fourth-order valence-corrected chi connectivity index (χ4v) is 2.46. The molecular weight excluding hydrogens is 240 g/mol. The molecule has 1 heterocycles. The highest BCUT2D eigenvalue weighted by Crippen LogP contribution is 2.10. The van der Waals surface area contributed by atoms with Crippen molar-refractivity contribution in [2.45, 2.75) is 18.9 Å². The number of nitrogens with zero attached hydrogens (tertiary/aromatic N) is 1. The molecule has 0 aromatic heterocycles. The van der Waals surface area contributed by atoms with Gasteiger partial charge in [-0.3, -0.25) is 0 Å². The Labute approximate surface area is 105 Å². The van der Waals surface area contributed by atoms with E-state index >= 15 is 0 Å². The Balaban J connectivity index is 2.49. The monoisotopic (exact) mass is 258 g/mol. The Hall–Kier alpha value is -1.17. The zero-order chi connectivity index (χ0) is 12.7. The third-order valence-corrected chi connectivity index (χ3v) is 3.56.